The molecule has 0 saturated heterocycles. The number of carbonyl (C=O) groups is 2. The molecule has 84 valence electrons. The Labute approximate surface area is 86.0 Å². The molecule has 14 heavy (non-hydrogen) atoms. The summed E-state index contributed by atoms with van der Waals surface area (Å²) in [6.45, 7) is 9.79. The topological polar surface area (TPSA) is 55.4 Å². The van der Waals surface area contributed by atoms with Gasteiger partial charge in [0.15, 0.2) is 0 Å². The van der Waals surface area contributed by atoms with Gasteiger partial charge in [0.1, 0.15) is 12.2 Å². The lowest BCUT2D eigenvalue weighted by Crippen LogP contribution is -2.09. The van der Waals surface area contributed by atoms with Gasteiger partial charge in [-0.1, -0.05) is 13.8 Å². The molecule has 0 aromatic carbocycles. The molecule has 0 radical (unpaired) electrons. The summed E-state index contributed by atoms with van der Waals surface area (Å²) in [6, 6.07) is 0. The second-order valence-electron chi connectivity index (χ2n) is 2.64. The van der Waals surface area contributed by atoms with Crippen LogP contribution in [0.4, 0.5) is 0 Å². The summed E-state index contributed by atoms with van der Waals surface area (Å²) in [5.41, 5.74) is 0. The van der Waals surface area contributed by atoms with E-state index >= 15 is 0 Å². The Morgan fingerprint density at radius 1 is 1.14 bits per heavy atom. The van der Waals surface area contributed by atoms with E-state index in [4.69, 9.17) is 0 Å². The summed E-state index contributed by atoms with van der Waals surface area (Å²) in [6.07, 6.45) is -0.103. The Morgan fingerprint density at radius 3 is 1.86 bits per heavy atom. The van der Waals surface area contributed by atoms with Crippen molar-refractivity contribution in [3.63, 3.8) is 0 Å². The van der Waals surface area contributed by atoms with Gasteiger partial charge in [-0.3, -0.25) is 9.59 Å². The first kappa shape index (κ1) is 15.6. The summed E-state index contributed by atoms with van der Waals surface area (Å²) in [5.74, 6) is -0.599. The first-order valence-electron chi connectivity index (χ1n) is 4.94. The van der Waals surface area contributed by atoms with Crippen LogP contribution in [0.3, 0.4) is 0 Å². The lowest BCUT2D eigenvalue weighted by molar-refractivity contribution is -0.145. The number of ketones is 1. The fraction of sp³-hybridized carbons (Fsp3) is 0.800. The van der Waals surface area contributed by atoms with E-state index in [2.05, 4.69) is 23.9 Å². The number of carbonyl (C=O) groups excluding carboxylic acids is 2. The molecule has 0 aromatic heterocycles. The molecular formula is C10H21NO3. The fourth-order valence-corrected chi connectivity index (χ4v) is 0.665. The normalized spacial score (nSPS) is 8.57. The van der Waals surface area contributed by atoms with E-state index in [1.165, 1.54) is 6.92 Å². The maximum atomic E-state index is 10.4. The Hall–Kier alpha value is -0.900. The van der Waals surface area contributed by atoms with E-state index in [1.54, 1.807) is 6.92 Å². The molecular weight excluding hydrogens is 182 g/mol. The quantitative estimate of drug-likeness (QED) is 0.538. The number of Topliss-reactive ketones (excluding diaryl/α,β-unsaturated/α-hetero) is 1. The van der Waals surface area contributed by atoms with Crippen LogP contribution in [-0.4, -0.2) is 31.4 Å². The molecule has 0 atom stereocenters. The molecule has 0 aliphatic heterocycles. The zero-order valence-electron chi connectivity index (χ0n) is 9.55. The summed E-state index contributed by atoms with van der Waals surface area (Å²) in [5, 5.41) is 3.11. The predicted octanol–water partition coefficient (Wildman–Crippen LogP) is 1.14. The van der Waals surface area contributed by atoms with Gasteiger partial charge in [0.2, 0.25) is 0 Å². The highest BCUT2D eigenvalue weighted by Crippen LogP contribution is 1.86. The molecule has 0 bridgehead atoms. The molecule has 0 fully saturated rings. The molecule has 0 heterocycles. The predicted molar refractivity (Wildman–Crippen MR) is 56.1 cm³/mol. The average molecular weight is 203 g/mol. The highest BCUT2D eigenvalue weighted by Gasteiger charge is 2.03. The van der Waals surface area contributed by atoms with E-state index in [0.717, 1.165) is 13.1 Å². The minimum Gasteiger partial charge on any atom is -0.466 e. The first-order valence-corrected chi connectivity index (χ1v) is 4.94. The van der Waals surface area contributed by atoms with Gasteiger partial charge in [0.05, 0.1) is 6.61 Å². The summed E-state index contributed by atoms with van der Waals surface area (Å²) < 4.78 is 4.49. The van der Waals surface area contributed by atoms with Crippen molar-refractivity contribution in [3.8, 4) is 0 Å². The van der Waals surface area contributed by atoms with Crippen LogP contribution in [0, 0.1) is 0 Å². The van der Waals surface area contributed by atoms with Crippen molar-refractivity contribution in [3.05, 3.63) is 0 Å². The van der Waals surface area contributed by atoms with Crippen molar-refractivity contribution in [1.29, 1.82) is 0 Å². The number of nitrogens with one attached hydrogen (secondary N) is 1. The number of hydrogen-bond acceptors (Lipinski definition) is 4. The Morgan fingerprint density at radius 2 is 1.64 bits per heavy atom. The van der Waals surface area contributed by atoms with E-state index in [-0.39, 0.29) is 12.2 Å². The van der Waals surface area contributed by atoms with E-state index in [9.17, 15) is 9.59 Å². The van der Waals surface area contributed by atoms with Crippen LogP contribution in [0.1, 0.15) is 34.1 Å². The molecule has 0 aromatic rings. The zero-order chi connectivity index (χ0) is 11.4. The standard InChI is InChI=1S/C6H10O3.C4H11N/c1-3-9-6(8)4-5(2)7;1-3-5-4-2/h3-4H2,1-2H3;5H,3-4H2,1-2H3. The zero-order valence-corrected chi connectivity index (χ0v) is 9.55. The van der Waals surface area contributed by atoms with Gasteiger partial charge in [-0.25, -0.2) is 0 Å². The van der Waals surface area contributed by atoms with Crippen molar-refractivity contribution in [1.82, 2.24) is 5.32 Å². The molecule has 0 unspecified atom stereocenters. The molecule has 0 rings (SSSR count). The largest absolute Gasteiger partial charge is 0.466 e. The van der Waals surface area contributed by atoms with Crippen molar-refractivity contribution in [2.45, 2.75) is 34.1 Å². The minimum atomic E-state index is -0.440. The van der Waals surface area contributed by atoms with E-state index < -0.39 is 5.97 Å². The van der Waals surface area contributed by atoms with Crippen molar-refractivity contribution < 1.29 is 14.3 Å². The Kier molecular flexibility index (Phi) is 13.5. The number of ether oxygens (including phenoxy) is 1. The monoisotopic (exact) mass is 203 g/mol. The Balaban J connectivity index is 0. The molecule has 4 nitrogen and oxygen atoms in total. The van der Waals surface area contributed by atoms with Crippen LogP contribution in [0.15, 0.2) is 0 Å². The van der Waals surface area contributed by atoms with Gasteiger partial charge in [0, 0.05) is 0 Å². The third kappa shape index (κ3) is 17.3. The first-order chi connectivity index (χ1) is 6.58. The van der Waals surface area contributed by atoms with Gasteiger partial charge >= 0.3 is 5.97 Å². The molecule has 0 saturated carbocycles. The molecule has 0 aliphatic rings. The van der Waals surface area contributed by atoms with Gasteiger partial charge in [-0.05, 0) is 26.9 Å². The number of esters is 1. The van der Waals surface area contributed by atoms with E-state index in [0.29, 0.717) is 6.61 Å². The van der Waals surface area contributed by atoms with Gasteiger partial charge in [-0.15, -0.1) is 0 Å². The van der Waals surface area contributed by atoms with E-state index in [1.807, 2.05) is 0 Å². The maximum Gasteiger partial charge on any atom is 0.313 e. The van der Waals surface area contributed by atoms with Crippen molar-refractivity contribution >= 4 is 11.8 Å². The van der Waals surface area contributed by atoms with Crippen LogP contribution in [0.5, 0.6) is 0 Å². The number of hydrogen-bond donors (Lipinski definition) is 1. The average Bonchev–Trinajstić information content (AvgIpc) is 2.05. The SMILES string of the molecule is CCNCC.CCOC(=O)CC(C)=O. The molecule has 4 heteroatoms. The van der Waals surface area contributed by atoms with Crippen LogP contribution in [0.2, 0.25) is 0 Å². The minimum absolute atomic E-state index is 0.103. The third-order valence-electron chi connectivity index (χ3n) is 1.20. The summed E-state index contributed by atoms with van der Waals surface area (Å²) in [4.78, 5) is 20.6. The van der Waals surface area contributed by atoms with Crippen LogP contribution >= 0.6 is 0 Å². The summed E-state index contributed by atoms with van der Waals surface area (Å²) in [7, 11) is 0. The number of rotatable bonds is 5. The van der Waals surface area contributed by atoms with Crippen LogP contribution in [0.25, 0.3) is 0 Å². The maximum absolute atomic E-state index is 10.4. The van der Waals surface area contributed by atoms with Gasteiger partial charge in [0.25, 0.3) is 0 Å². The Bertz CT molecular complexity index is 155. The van der Waals surface area contributed by atoms with Gasteiger partial charge in [-0.2, -0.15) is 0 Å². The second-order valence-corrected chi connectivity index (χ2v) is 2.64. The highest BCUT2D eigenvalue weighted by atomic mass is 16.5. The van der Waals surface area contributed by atoms with Crippen LogP contribution < -0.4 is 5.32 Å². The third-order valence-corrected chi connectivity index (χ3v) is 1.20. The fourth-order valence-electron chi connectivity index (χ4n) is 0.665. The smallest absolute Gasteiger partial charge is 0.313 e. The molecule has 0 spiro atoms. The molecule has 0 amide bonds. The molecule has 0 aliphatic carbocycles. The highest BCUT2D eigenvalue weighted by molar-refractivity contribution is 5.94. The molecule has 1 N–H and O–H groups in total. The van der Waals surface area contributed by atoms with Crippen molar-refractivity contribution in [2.75, 3.05) is 19.7 Å². The lowest BCUT2D eigenvalue weighted by Gasteiger charge is -1.96. The van der Waals surface area contributed by atoms with Gasteiger partial charge < -0.3 is 10.1 Å². The summed E-state index contributed by atoms with van der Waals surface area (Å²) >= 11 is 0. The van der Waals surface area contributed by atoms with Crippen LogP contribution in [-0.2, 0) is 14.3 Å². The van der Waals surface area contributed by atoms with Crippen molar-refractivity contribution in [2.24, 2.45) is 0 Å². The second kappa shape index (κ2) is 12.1. The lowest BCUT2D eigenvalue weighted by atomic mass is 10.3.